The predicted octanol–water partition coefficient (Wildman–Crippen LogP) is 2.21. The summed E-state index contributed by atoms with van der Waals surface area (Å²) in [6.07, 6.45) is 4.88. The number of nitrogens with zero attached hydrogens (tertiary/aromatic N) is 4. The molecule has 2 aromatic heterocycles. The van der Waals surface area contributed by atoms with Gasteiger partial charge in [0.1, 0.15) is 11.2 Å². The largest absolute Gasteiger partial charge is 0.369 e. The molecule has 0 spiro atoms. The molecule has 6 heteroatoms. The number of primary amides is 1. The first kappa shape index (κ1) is 15.5. The van der Waals surface area contributed by atoms with Crippen LogP contribution in [0.15, 0.2) is 48.8 Å². The fourth-order valence-electron chi connectivity index (χ4n) is 3.11. The Morgan fingerprint density at radius 1 is 1.28 bits per heavy atom. The number of benzene rings is 1. The van der Waals surface area contributed by atoms with Crippen LogP contribution in [0.4, 0.5) is 0 Å². The summed E-state index contributed by atoms with van der Waals surface area (Å²) in [4.78, 5) is 20.8. The molecule has 1 amide bonds. The molecule has 25 heavy (non-hydrogen) atoms. The van der Waals surface area contributed by atoms with Crippen LogP contribution in [0.3, 0.4) is 0 Å². The third kappa shape index (κ3) is 2.80. The minimum atomic E-state index is -0.683. The maximum Gasteiger partial charge on any atom is 0.231 e. The lowest BCUT2D eigenvalue weighted by molar-refractivity contribution is -0.120. The Hall–Kier alpha value is -3.02. The van der Waals surface area contributed by atoms with E-state index in [4.69, 9.17) is 5.73 Å². The van der Waals surface area contributed by atoms with Crippen LogP contribution in [0.5, 0.6) is 0 Å². The van der Waals surface area contributed by atoms with Crippen molar-refractivity contribution < 1.29 is 4.79 Å². The van der Waals surface area contributed by atoms with Gasteiger partial charge in [-0.2, -0.15) is 5.10 Å². The monoisotopic (exact) mass is 333 g/mol. The summed E-state index contributed by atoms with van der Waals surface area (Å²) in [6, 6.07) is 12.0. The summed E-state index contributed by atoms with van der Waals surface area (Å²) in [5, 5.41) is 4.65. The molecule has 1 saturated carbocycles. The van der Waals surface area contributed by atoms with Gasteiger partial charge in [-0.15, -0.1) is 0 Å². The molecular weight excluding hydrogens is 314 g/mol. The van der Waals surface area contributed by atoms with Crippen LogP contribution in [0, 0.1) is 6.92 Å². The number of carbonyl (C=O) groups is 1. The standard InChI is InChI=1S/C19H19N5O/c1-13-4-2-5-14(10-13)12-24-18(19(7-8-19)17(20)25)22-16(23-24)15-6-3-9-21-11-15/h2-6,9-11H,7-8,12H2,1H3,(H2,20,25). The molecular formula is C19H19N5O. The Kier molecular flexibility index (Phi) is 3.60. The Balaban J connectivity index is 1.79. The van der Waals surface area contributed by atoms with Crippen molar-refractivity contribution >= 4 is 5.91 Å². The summed E-state index contributed by atoms with van der Waals surface area (Å²) < 4.78 is 1.81. The number of aryl methyl sites for hydroxylation is 1. The molecule has 4 rings (SSSR count). The quantitative estimate of drug-likeness (QED) is 0.775. The minimum absolute atomic E-state index is 0.330. The van der Waals surface area contributed by atoms with E-state index in [9.17, 15) is 4.79 Å². The molecule has 1 fully saturated rings. The van der Waals surface area contributed by atoms with Gasteiger partial charge < -0.3 is 5.73 Å². The SMILES string of the molecule is Cc1cccc(Cn2nc(-c3cccnc3)nc2C2(C(N)=O)CC2)c1. The van der Waals surface area contributed by atoms with Gasteiger partial charge in [-0.3, -0.25) is 9.78 Å². The lowest BCUT2D eigenvalue weighted by atomic mass is 10.1. The molecule has 0 radical (unpaired) electrons. The fourth-order valence-corrected chi connectivity index (χ4v) is 3.11. The van der Waals surface area contributed by atoms with E-state index < -0.39 is 5.41 Å². The van der Waals surface area contributed by atoms with E-state index in [1.807, 2.05) is 28.9 Å². The summed E-state index contributed by atoms with van der Waals surface area (Å²) >= 11 is 0. The molecule has 3 aromatic rings. The van der Waals surface area contributed by atoms with Crippen molar-refractivity contribution in [3.05, 3.63) is 65.7 Å². The average molecular weight is 333 g/mol. The number of carbonyl (C=O) groups excluding carboxylic acids is 1. The fraction of sp³-hybridized carbons (Fsp3) is 0.263. The van der Waals surface area contributed by atoms with Crippen LogP contribution >= 0.6 is 0 Å². The van der Waals surface area contributed by atoms with Crippen molar-refractivity contribution in [3.8, 4) is 11.4 Å². The summed E-state index contributed by atoms with van der Waals surface area (Å²) in [5.74, 6) is 0.895. The van der Waals surface area contributed by atoms with E-state index in [1.54, 1.807) is 12.4 Å². The highest BCUT2D eigenvalue weighted by atomic mass is 16.1. The average Bonchev–Trinajstić information content (AvgIpc) is 3.31. The normalized spacial score (nSPS) is 15.1. The van der Waals surface area contributed by atoms with E-state index in [2.05, 4.69) is 34.1 Å². The van der Waals surface area contributed by atoms with E-state index in [-0.39, 0.29) is 5.91 Å². The van der Waals surface area contributed by atoms with Crippen molar-refractivity contribution in [1.82, 2.24) is 19.7 Å². The number of rotatable bonds is 5. The molecule has 0 unspecified atom stereocenters. The van der Waals surface area contributed by atoms with Gasteiger partial charge in [0, 0.05) is 18.0 Å². The number of hydrogen-bond acceptors (Lipinski definition) is 4. The van der Waals surface area contributed by atoms with Gasteiger partial charge >= 0.3 is 0 Å². The second-order valence-electron chi connectivity index (χ2n) is 6.59. The highest BCUT2D eigenvalue weighted by Crippen LogP contribution is 2.47. The Labute approximate surface area is 145 Å². The van der Waals surface area contributed by atoms with Crippen molar-refractivity contribution in [2.45, 2.75) is 31.7 Å². The van der Waals surface area contributed by atoms with Crippen LogP contribution in [0.2, 0.25) is 0 Å². The molecule has 2 N–H and O–H groups in total. The van der Waals surface area contributed by atoms with E-state index in [0.717, 1.165) is 24.0 Å². The van der Waals surface area contributed by atoms with E-state index >= 15 is 0 Å². The predicted molar refractivity (Wildman–Crippen MR) is 93.6 cm³/mol. The molecule has 0 aliphatic heterocycles. The second kappa shape index (κ2) is 5.81. The highest BCUT2D eigenvalue weighted by Gasteiger charge is 2.54. The first-order valence-electron chi connectivity index (χ1n) is 8.30. The zero-order valence-corrected chi connectivity index (χ0v) is 14.0. The molecule has 1 aromatic carbocycles. The molecule has 126 valence electrons. The molecule has 0 bridgehead atoms. The van der Waals surface area contributed by atoms with Crippen LogP contribution in [-0.2, 0) is 16.8 Å². The smallest absolute Gasteiger partial charge is 0.231 e. The Bertz CT molecular complexity index is 928. The van der Waals surface area contributed by atoms with Gasteiger partial charge in [0.05, 0.1) is 6.54 Å². The maximum absolute atomic E-state index is 12.0. The summed E-state index contributed by atoms with van der Waals surface area (Å²) in [7, 11) is 0. The van der Waals surface area contributed by atoms with Gasteiger partial charge in [0.2, 0.25) is 5.91 Å². The van der Waals surface area contributed by atoms with E-state index in [0.29, 0.717) is 18.2 Å². The van der Waals surface area contributed by atoms with Crippen LogP contribution in [0.1, 0.15) is 29.8 Å². The van der Waals surface area contributed by atoms with Gasteiger partial charge in [-0.25, -0.2) is 9.67 Å². The molecule has 1 aliphatic carbocycles. The van der Waals surface area contributed by atoms with Crippen molar-refractivity contribution in [2.75, 3.05) is 0 Å². The van der Waals surface area contributed by atoms with Gasteiger partial charge in [0.15, 0.2) is 5.82 Å². The van der Waals surface area contributed by atoms with Gasteiger partial charge in [-0.05, 0) is 37.5 Å². The topological polar surface area (TPSA) is 86.7 Å². The van der Waals surface area contributed by atoms with Crippen LogP contribution in [-0.4, -0.2) is 25.7 Å². The number of aromatic nitrogens is 4. The lowest BCUT2D eigenvalue weighted by Crippen LogP contribution is -2.31. The maximum atomic E-state index is 12.0. The third-order valence-electron chi connectivity index (χ3n) is 4.66. The van der Waals surface area contributed by atoms with E-state index in [1.165, 1.54) is 5.56 Å². The highest BCUT2D eigenvalue weighted by molar-refractivity contribution is 5.89. The van der Waals surface area contributed by atoms with Crippen LogP contribution < -0.4 is 5.73 Å². The molecule has 0 atom stereocenters. The molecule has 1 aliphatic rings. The molecule has 2 heterocycles. The number of amides is 1. The third-order valence-corrected chi connectivity index (χ3v) is 4.66. The number of pyridine rings is 1. The zero-order chi connectivity index (χ0) is 17.4. The molecule has 0 saturated heterocycles. The molecule has 6 nitrogen and oxygen atoms in total. The number of hydrogen-bond donors (Lipinski definition) is 1. The minimum Gasteiger partial charge on any atom is -0.369 e. The Morgan fingerprint density at radius 2 is 2.12 bits per heavy atom. The first-order chi connectivity index (χ1) is 12.1. The van der Waals surface area contributed by atoms with Crippen molar-refractivity contribution in [3.63, 3.8) is 0 Å². The first-order valence-corrected chi connectivity index (χ1v) is 8.30. The van der Waals surface area contributed by atoms with Crippen LogP contribution in [0.25, 0.3) is 11.4 Å². The van der Waals surface area contributed by atoms with Crippen molar-refractivity contribution in [1.29, 1.82) is 0 Å². The summed E-state index contributed by atoms with van der Waals surface area (Å²) in [5.41, 5.74) is 8.11. The number of nitrogens with two attached hydrogens (primary N) is 1. The Morgan fingerprint density at radius 3 is 2.76 bits per heavy atom. The van der Waals surface area contributed by atoms with Crippen molar-refractivity contribution in [2.24, 2.45) is 5.73 Å². The lowest BCUT2D eigenvalue weighted by Gasteiger charge is -2.12. The zero-order valence-electron chi connectivity index (χ0n) is 14.0. The van der Waals surface area contributed by atoms with Gasteiger partial charge in [0.25, 0.3) is 0 Å². The summed E-state index contributed by atoms with van der Waals surface area (Å²) in [6.45, 7) is 2.61. The van der Waals surface area contributed by atoms with Gasteiger partial charge in [-0.1, -0.05) is 29.8 Å². The second-order valence-corrected chi connectivity index (χ2v) is 6.59.